The number of amides is 2. The Hall–Kier alpha value is -2.87. The first-order valence-electron chi connectivity index (χ1n) is 8.52. The van der Waals surface area contributed by atoms with Crippen LogP contribution in [0.2, 0.25) is 0 Å². The molecule has 2 aromatic carbocycles. The molecule has 0 heterocycles. The molecule has 0 aromatic heterocycles. The highest BCUT2D eigenvalue weighted by Gasteiger charge is 2.19. The van der Waals surface area contributed by atoms with E-state index in [0.717, 1.165) is 11.8 Å². The van der Waals surface area contributed by atoms with Gasteiger partial charge in [-0.05, 0) is 43.3 Å². The lowest BCUT2D eigenvalue weighted by molar-refractivity contribution is -0.146. The monoisotopic (exact) mass is 404 g/mol. The second-order valence-electron chi connectivity index (χ2n) is 5.90. The fraction of sp³-hybridized carbons (Fsp3) is 0.250. The summed E-state index contributed by atoms with van der Waals surface area (Å²) >= 11 is 1.09. The number of para-hydroxylation sites is 1. The van der Waals surface area contributed by atoms with Gasteiger partial charge in [-0.1, -0.05) is 18.2 Å². The van der Waals surface area contributed by atoms with E-state index in [1.165, 1.54) is 29.2 Å². The topological polar surface area (TPSA) is 75.7 Å². The lowest BCUT2D eigenvalue weighted by Crippen LogP contribution is -2.32. The number of rotatable bonds is 8. The second-order valence-corrected chi connectivity index (χ2v) is 7.23. The van der Waals surface area contributed by atoms with Gasteiger partial charge in [0.2, 0.25) is 5.91 Å². The van der Waals surface area contributed by atoms with Gasteiger partial charge in [0.15, 0.2) is 6.61 Å². The van der Waals surface area contributed by atoms with Crippen LogP contribution in [0.25, 0.3) is 0 Å². The summed E-state index contributed by atoms with van der Waals surface area (Å²) in [7, 11) is 1.60. The highest BCUT2D eigenvalue weighted by Crippen LogP contribution is 2.15. The summed E-state index contributed by atoms with van der Waals surface area (Å²) in [5.74, 6) is -1.63. The maximum Gasteiger partial charge on any atom is 0.319 e. The molecule has 148 valence electrons. The Morgan fingerprint density at radius 1 is 1.11 bits per heavy atom. The lowest BCUT2D eigenvalue weighted by Gasteiger charge is -2.18. The second kappa shape index (κ2) is 10.5. The number of carbonyl (C=O) groups is 3. The zero-order chi connectivity index (χ0) is 20.5. The van der Waals surface area contributed by atoms with Crippen LogP contribution in [0.15, 0.2) is 54.6 Å². The summed E-state index contributed by atoms with van der Waals surface area (Å²) in [6.45, 7) is 1.22. The molecule has 2 amide bonds. The van der Waals surface area contributed by atoms with E-state index in [9.17, 15) is 18.8 Å². The van der Waals surface area contributed by atoms with Gasteiger partial charge in [0, 0.05) is 18.4 Å². The quantitative estimate of drug-likeness (QED) is 0.685. The Kier molecular flexibility index (Phi) is 8.01. The fourth-order valence-corrected chi connectivity index (χ4v) is 2.82. The number of ether oxygens (including phenoxy) is 1. The van der Waals surface area contributed by atoms with Gasteiger partial charge in [0.1, 0.15) is 11.1 Å². The molecule has 8 heteroatoms. The summed E-state index contributed by atoms with van der Waals surface area (Å²) in [6, 6.07) is 14.4. The van der Waals surface area contributed by atoms with Crippen LogP contribution in [0.5, 0.6) is 0 Å². The van der Waals surface area contributed by atoms with Gasteiger partial charge in [-0.3, -0.25) is 14.4 Å². The minimum absolute atomic E-state index is 0.0194. The molecule has 2 aromatic rings. The highest BCUT2D eigenvalue weighted by molar-refractivity contribution is 8.01. The molecule has 0 spiro atoms. The van der Waals surface area contributed by atoms with E-state index in [-0.39, 0.29) is 24.2 Å². The van der Waals surface area contributed by atoms with Crippen molar-refractivity contribution in [2.45, 2.75) is 12.2 Å². The summed E-state index contributed by atoms with van der Waals surface area (Å²) in [4.78, 5) is 37.4. The molecule has 2 rings (SSSR count). The number of hydrogen-bond acceptors (Lipinski definition) is 5. The van der Waals surface area contributed by atoms with Crippen molar-refractivity contribution < 1.29 is 23.5 Å². The largest absolute Gasteiger partial charge is 0.455 e. The van der Waals surface area contributed by atoms with Crippen molar-refractivity contribution in [3.05, 3.63) is 60.4 Å². The van der Waals surface area contributed by atoms with Gasteiger partial charge in [-0.15, -0.1) is 11.8 Å². The fourth-order valence-electron chi connectivity index (χ4n) is 2.14. The minimum atomic E-state index is -0.617. The molecule has 0 aliphatic rings. The van der Waals surface area contributed by atoms with E-state index in [2.05, 4.69) is 5.32 Å². The van der Waals surface area contributed by atoms with Crippen molar-refractivity contribution in [2.75, 3.05) is 29.6 Å². The van der Waals surface area contributed by atoms with Crippen LogP contribution < -0.4 is 10.2 Å². The van der Waals surface area contributed by atoms with Crippen LogP contribution in [0.4, 0.5) is 15.8 Å². The molecule has 0 saturated carbocycles. The number of hydrogen-bond donors (Lipinski definition) is 1. The SMILES string of the molecule is CC(SCC(=O)Nc1ccc(F)cc1)C(=O)OCC(=O)N(C)c1ccccc1. The van der Waals surface area contributed by atoms with Gasteiger partial charge in [-0.2, -0.15) is 0 Å². The first-order valence-corrected chi connectivity index (χ1v) is 9.57. The highest BCUT2D eigenvalue weighted by atomic mass is 32.2. The van der Waals surface area contributed by atoms with Gasteiger partial charge in [0.05, 0.1) is 5.75 Å². The van der Waals surface area contributed by atoms with Crippen LogP contribution in [0.1, 0.15) is 6.92 Å². The van der Waals surface area contributed by atoms with Crippen LogP contribution >= 0.6 is 11.8 Å². The third-order valence-electron chi connectivity index (χ3n) is 3.78. The maximum absolute atomic E-state index is 12.8. The molecule has 0 saturated heterocycles. The standard InChI is InChI=1S/C20H21FN2O4S/c1-14(28-13-18(24)22-16-10-8-15(21)9-11-16)20(26)27-12-19(25)23(2)17-6-4-3-5-7-17/h3-11,14H,12-13H2,1-2H3,(H,22,24). The molecule has 1 unspecified atom stereocenters. The zero-order valence-electron chi connectivity index (χ0n) is 15.6. The number of benzene rings is 2. The molecule has 28 heavy (non-hydrogen) atoms. The van der Waals surface area contributed by atoms with Gasteiger partial charge in [0.25, 0.3) is 5.91 Å². The van der Waals surface area contributed by atoms with E-state index < -0.39 is 17.0 Å². The van der Waals surface area contributed by atoms with Crippen molar-refractivity contribution in [1.82, 2.24) is 0 Å². The molecule has 0 radical (unpaired) electrons. The summed E-state index contributed by atoms with van der Waals surface area (Å²) < 4.78 is 17.9. The van der Waals surface area contributed by atoms with Gasteiger partial charge >= 0.3 is 5.97 Å². The average Bonchev–Trinajstić information content (AvgIpc) is 2.71. The lowest BCUT2D eigenvalue weighted by atomic mass is 10.3. The number of nitrogens with zero attached hydrogens (tertiary/aromatic N) is 1. The third-order valence-corrected chi connectivity index (χ3v) is 4.90. The van der Waals surface area contributed by atoms with Crippen LogP contribution in [0.3, 0.4) is 0 Å². The molecule has 0 aliphatic carbocycles. The Labute approximate surface area is 167 Å². The average molecular weight is 404 g/mol. The summed E-state index contributed by atoms with van der Waals surface area (Å²) in [5, 5.41) is 1.99. The van der Waals surface area contributed by atoms with Crippen LogP contribution in [-0.2, 0) is 19.1 Å². The van der Waals surface area contributed by atoms with Crippen molar-refractivity contribution in [3.63, 3.8) is 0 Å². The van der Waals surface area contributed by atoms with E-state index in [1.54, 1.807) is 38.2 Å². The minimum Gasteiger partial charge on any atom is -0.455 e. The van der Waals surface area contributed by atoms with Crippen molar-refractivity contribution in [1.29, 1.82) is 0 Å². The van der Waals surface area contributed by atoms with E-state index in [0.29, 0.717) is 11.4 Å². The Morgan fingerprint density at radius 2 is 1.75 bits per heavy atom. The van der Waals surface area contributed by atoms with Crippen LogP contribution in [0, 0.1) is 5.82 Å². The van der Waals surface area contributed by atoms with Gasteiger partial charge in [-0.25, -0.2) is 4.39 Å². The molecule has 0 fully saturated rings. The number of nitrogens with one attached hydrogen (secondary N) is 1. The smallest absolute Gasteiger partial charge is 0.319 e. The van der Waals surface area contributed by atoms with E-state index >= 15 is 0 Å². The van der Waals surface area contributed by atoms with Gasteiger partial charge < -0.3 is 15.0 Å². The van der Waals surface area contributed by atoms with Crippen LogP contribution in [-0.4, -0.2) is 42.4 Å². The normalized spacial score (nSPS) is 11.4. The number of esters is 1. The number of halogens is 1. The number of thioether (sulfide) groups is 1. The number of likely N-dealkylation sites (N-methyl/N-ethyl adjacent to an activating group) is 1. The molecule has 6 nitrogen and oxygen atoms in total. The van der Waals surface area contributed by atoms with E-state index in [1.807, 2.05) is 6.07 Å². The molecular formula is C20H21FN2O4S. The number of carbonyl (C=O) groups excluding carboxylic acids is 3. The zero-order valence-corrected chi connectivity index (χ0v) is 16.4. The predicted molar refractivity (Wildman–Crippen MR) is 108 cm³/mol. The number of anilines is 2. The molecular weight excluding hydrogens is 383 g/mol. The van der Waals surface area contributed by atoms with E-state index in [4.69, 9.17) is 4.74 Å². The summed E-state index contributed by atoms with van der Waals surface area (Å²) in [5.41, 5.74) is 1.17. The first-order chi connectivity index (χ1) is 13.4. The predicted octanol–water partition coefficient (Wildman–Crippen LogP) is 3.09. The Morgan fingerprint density at radius 3 is 2.39 bits per heavy atom. The maximum atomic E-state index is 12.8. The molecule has 1 N–H and O–H groups in total. The molecule has 0 bridgehead atoms. The summed E-state index contributed by atoms with van der Waals surface area (Å²) in [6.07, 6.45) is 0. The third kappa shape index (κ3) is 6.70. The Balaban J connectivity index is 1.72. The Bertz CT molecular complexity index is 815. The van der Waals surface area contributed by atoms with Crippen molar-refractivity contribution >= 4 is 40.9 Å². The van der Waals surface area contributed by atoms with Crippen molar-refractivity contribution in [2.24, 2.45) is 0 Å². The molecule has 1 atom stereocenters. The van der Waals surface area contributed by atoms with Crippen molar-refractivity contribution in [3.8, 4) is 0 Å². The molecule has 0 aliphatic heterocycles. The first kappa shape index (κ1) is 21.4.